The van der Waals surface area contributed by atoms with E-state index in [9.17, 15) is 4.39 Å². The molecule has 1 aromatic carbocycles. The highest BCUT2D eigenvalue weighted by atomic mass is 32.1. The van der Waals surface area contributed by atoms with Gasteiger partial charge in [0.1, 0.15) is 5.82 Å². The van der Waals surface area contributed by atoms with Gasteiger partial charge in [-0.05, 0) is 31.4 Å². The van der Waals surface area contributed by atoms with Crippen LogP contribution in [0.15, 0.2) is 35.7 Å². The molecular weight excluding hydrogens is 233 g/mol. The normalized spacial score (nSPS) is 12.6. The van der Waals surface area contributed by atoms with Gasteiger partial charge in [0.05, 0.1) is 0 Å². The van der Waals surface area contributed by atoms with E-state index in [-0.39, 0.29) is 11.9 Å². The zero-order valence-corrected chi connectivity index (χ0v) is 10.9. The first kappa shape index (κ1) is 12.3. The third-order valence-corrected chi connectivity index (χ3v) is 3.82. The number of aryl methyl sites for hydroxylation is 1. The molecule has 90 valence electrons. The number of benzene rings is 1. The maximum Gasteiger partial charge on any atom is 0.127 e. The van der Waals surface area contributed by atoms with Crippen LogP contribution in [-0.2, 0) is 6.54 Å². The van der Waals surface area contributed by atoms with Crippen LogP contribution in [0.5, 0.6) is 0 Å². The van der Waals surface area contributed by atoms with Crippen molar-refractivity contribution in [3.05, 3.63) is 57.5 Å². The van der Waals surface area contributed by atoms with Crippen LogP contribution >= 0.6 is 11.3 Å². The molecule has 0 spiro atoms. The van der Waals surface area contributed by atoms with Gasteiger partial charge in [0.15, 0.2) is 0 Å². The van der Waals surface area contributed by atoms with Crippen molar-refractivity contribution < 1.29 is 4.39 Å². The van der Waals surface area contributed by atoms with Crippen LogP contribution < -0.4 is 5.32 Å². The topological polar surface area (TPSA) is 12.0 Å². The molecule has 1 aromatic heterocycles. The van der Waals surface area contributed by atoms with Crippen LogP contribution in [-0.4, -0.2) is 0 Å². The second-order valence-corrected chi connectivity index (χ2v) is 5.19. The number of rotatable bonds is 4. The summed E-state index contributed by atoms with van der Waals surface area (Å²) in [7, 11) is 0. The van der Waals surface area contributed by atoms with E-state index in [1.165, 1.54) is 10.9 Å². The highest BCUT2D eigenvalue weighted by Gasteiger charge is 2.07. The molecular formula is C14H16FNS. The third-order valence-electron chi connectivity index (χ3n) is 2.77. The fourth-order valence-corrected chi connectivity index (χ4v) is 2.50. The van der Waals surface area contributed by atoms with E-state index in [0.717, 1.165) is 11.1 Å². The number of hydrogen-bond acceptors (Lipinski definition) is 2. The third kappa shape index (κ3) is 3.14. The van der Waals surface area contributed by atoms with E-state index in [1.807, 2.05) is 19.1 Å². The summed E-state index contributed by atoms with van der Waals surface area (Å²) >= 11 is 1.72. The van der Waals surface area contributed by atoms with Gasteiger partial charge in [0, 0.05) is 23.0 Å². The quantitative estimate of drug-likeness (QED) is 0.862. The minimum atomic E-state index is -0.138. The van der Waals surface area contributed by atoms with Crippen LogP contribution in [0.3, 0.4) is 0 Å². The summed E-state index contributed by atoms with van der Waals surface area (Å²) in [5.41, 5.74) is 1.82. The smallest absolute Gasteiger partial charge is 0.127 e. The fraction of sp³-hybridized carbons (Fsp3) is 0.286. The van der Waals surface area contributed by atoms with E-state index in [2.05, 4.69) is 23.7 Å². The number of thiophene rings is 1. The van der Waals surface area contributed by atoms with Crippen LogP contribution in [0.2, 0.25) is 0 Å². The molecule has 1 atom stereocenters. The first-order valence-corrected chi connectivity index (χ1v) is 6.56. The molecule has 0 aliphatic rings. The molecule has 1 heterocycles. The Kier molecular flexibility index (Phi) is 3.92. The van der Waals surface area contributed by atoms with Gasteiger partial charge in [-0.1, -0.05) is 23.8 Å². The Hall–Kier alpha value is -1.19. The number of nitrogens with one attached hydrogen (secondary N) is 1. The maximum absolute atomic E-state index is 13.5. The summed E-state index contributed by atoms with van der Waals surface area (Å²) < 4.78 is 13.5. The van der Waals surface area contributed by atoms with Crippen molar-refractivity contribution in [3.8, 4) is 0 Å². The minimum absolute atomic E-state index is 0.138. The molecule has 17 heavy (non-hydrogen) atoms. The molecule has 0 unspecified atom stereocenters. The van der Waals surface area contributed by atoms with Crippen molar-refractivity contribution >= 4 is 11.3 Å². The van der Waals surface area contributed by atoms with Gasteiger partial charge in [0.25, 0.3) is 0 Å². The highest BCUT2D eigenvalue weighted by Crippen LogP contribution is 2.19. The molecule has 0 saturated heterocycles. The summed E-state index contributed by atoms with van der Waals surface area (Å²) in [6.45, 7) is 4.64. The van der Waals surface area contributed by atoms with Gasteiger partial charge in [-0.15, -0.1) is 11.3 Å². The SMILES string of the molecule is Cc1ccc(F)c(CN[C@@H](C)c2cccs2)c1. The fourth-order valence-electron chi connectivity index (χ4n) is 1.74. The molecule has 2 rings (SSSR count). The predicted octanol–water partition coefficient (Wildman–Crippen LogP) is 4.05. The van der Waals surface area contributed by atoms with E-state index in [4.69, 9.17) is 0 Å². The first-order valence-electron chi connectivity index (χ1n) is 5.68. The lowest BCUT2D eigenvalue weighted by Crippen LogP contribution is -2.18. The van der Waals surface area contributed by atoms with Crippen molar-refractivity contribution in [2.24, 2.45) is 0 Å². The Morgan fingerprint density at radius 1 is 1.35 bits per heavy atom. The molecule has 2 aromatic rings. The van der Waals surface area contributed by atoms with Crippen LogP contribution in [0.4, 0.5) is 4.39 Å². The minimum Gasteiger partial charge on any atom is -0.305 e. The van der Waals surface area contributed by atoms with Gasteiger partial charge in [-0.25, -0.2) is 4.39 Å². The highest BCUT2D eigenvalue weighted by molar-refractivity contribution is 7.10. The summed E-state index contributed by atoms with van der Waals surface area (Å²) in [6, 6.07) is 9.60. The number of hydrogen-bond donors (Lipinski definition) is 1. The summed E-state index contributed by atoms with van der Waals surface area (Å²) in [6.07, 6.45) is 0. The number of halogens is 1. The Bertz CT molecular complexity index is 479. The van der Waals surface area contributed by atoms with E-state index in [1.54, 1.807) is 17.4 Å². The molecule has 1 nitrogen and oxygen atoms in total. The molecule has 0 bridgehead atoms. The molecule has 0 aliphatic heterocycles. The lowest BCUT2D eigenvalue weighted by atomic mass is 10.1. The molecule has 0 amide bonds. The lowest BCUT2D eigenvalue weighted by Gasteiger charge is -2.12. The van der Waals surface area contributed by atoms with Gasteiger partial charge in [-0.3, -0.25) is 0 Å². The van der Waals surface area contributed by atoms with Crippen molar-refractivity contribution in [3.63, 3.8) is 0 Å². The summed E-state index contributed by atoms with van der Waals surface area (Å²) in [5, 5.41) is 5.40. The molecule has 0 radical (unpaired) electrons. The van der Waals surface area contributed by atoms with E-state index < -0.39 is 0 Å². The average molecular weight is 249 g/mol. The summed E-state index contributed by atoms with van der Waals surface area (Å²) in [4.78, 5) is 1.28. The zero-order valence-electron chi connectivity index (χ0n) is 10.0. The van der Waals surface area contributed by atoms with Crippen molar-refractivity contribution in [1.82, 2.24) is 5.32 Å². The molecule has 3 heteroatoms. The Labute approximate surface area is 105 Å². The van der Waals surface area contributed by atoms with E-state index >= 15 is 0 Å². The molecule has 0 aliphatic carbocycles. The summed E-state index contributed by atoms with van der Waals surface area (Å²) in [5.74, 6) is -0.138. The second-order valence-electron chi connectivity index (χ2n) is 4.21. The standard InChI is InChI=1S/C14H16FNS/c1-10-5-6-13(15)12(8-10)9-16-11(2)14-4-3-7-17-14/h3-8,11,16H,9H2,1-2H3/t11-/m0/s1. The van der Waals surface area contributed by atoms with E-state index in [0.29, 0.717) is 6.54 Å². The lowest BCUT2D eigenvalue weighted by molar-refractivity contribution is 0.548. The largest absolute Gasteiger partial charge is 0.305 e. The predicted molar refractivity (Wildman–Crippen MR) is 70.7 cm³/mol. The Morgan fingerprint density at radius 3 is 2.88 bits per heavy atom. The van der Waals surface area contributed by atoms with Gasteiger partial charge in [-0.2, -0.15) is 0 Å². The van der Waals surface area contributed by atoms with Gasteiger partial charge < -0.3 is 5.32 Å². The Balaban J connectivity index is 2.00. The molecule has 0 fully saturated rings. The van der Waals surface area contributed by atoms with Crippen LogP contribution in [0, 0.1) is 12.7 Å². The first-order chi connectivity index (χ1) is 8.16. The molecule has 0 saturated carbocycles. The molecule has 1 N–H and O–H groups in total. The van der Waals surface area contributed by atoms with Crippen molar-refractivity contribution in [1.29, 1.82) is 0 Å². The van der Waals surface area contributed by atoms with Crippen molar-refractivity contribution in [2.75, 3.05) is 0 Å². The maximum atomic E-state index is 13.5. The average Bonchev–Trinajstić information content (AvgIpc) is 2.83. The van der Waals surface area contributed by atoms with Gasteiger partial charge >= 0.3 is 0 Å². The second kappa shape index (κ2) is 5.43. The monoisotopic (exact) mass is 249 g/mol. The van der Waals surface area contributed by atoms with Crippen LogP contribution in [0.1, 0.15) is 29.0 Å². The van der Waals surface area contributed by atoms with Gasteiger partial charge in [0.2, 0.25) is 0 Å². The van der Waals surface area contributed by atoms with Crippen molar-refractivity contribution in [2.45, 2.75) is 26.4 Å². The Morgan fingerprint density at radius 2 is 2.18 bits per heavy atom. The zero-order chi connectivity index (χ0) is 12.3. The van der Waals surface area contributed by atoms with Crippen LogP contribution in [0.25, 0.3) is 0 Å².